The number of hydrogen-bond acceptors (Lipinski definition) is 4. The molecule has 0 unspecified atom stereocenters. The van der Waals surface area contributed by atoms with E-state index in [0.29, 0.717) is 11.5 Å². The van der Waals surface area contributed by atoms with Crippen LogP contribution < -0.4 is 0 Å². The van der Waals surface area contributed by atoms with E-state index in [1.807, 2.05) is 55.6 Å². The first-order chi connectivity index (χ1) is 13.2. The van der Waals surface area contributed by atoms with E-state index in [4.69, 9.17) is 9.52 Å². The number of nitrogens with zero attached hydrogens (tertiary/aromatic N) is 3. The Kier molecular flexibility index (Phi) is 4.49. The zero-order valence-corrected chi connectivity index (χ0v) is 14.7. The molecule has 132 valence electrons. The van der Waals surface area contributed by atoms with Crippen LogP contribution in [0.4, 0.5) is 0 Å². The fraction of sp³-hybridized carbons (Fsp3) is 0.0455. The van der Waals surface area contributed by atoms with Gasteiger partial charge in [0.05, 0.1) is 5.69 Å². The lowest BCUT2D eigenvalue weighted by Gasteiger charge is -2.00. The van der Waals surface area contributed by atoms with E-state index in [1.165, 1.54) is 6.08 Å². The molecule has 3 heterocycles. The van der Waals surface area contributed by atoms with Gasteiger partial charge in [-0.25, -0.2) is 4.68 Å². The minimum absolute atomic E-state index is 0.184. The summed E-state index contributed by atoms with van der Waals surface area (Å²) < 4.78 is 7.20. The molecular formula is C22H17N3O2. The van der Waals surface area contributed by atoms with E-state index in [0.717, 1.165) is 22.5 Å². The molecule has 0 aliphatic heterocycles. The lowest BCUT2D eigenvalue weighted by Crippen LogP contribution is -1.93. The Labute approximate surface area is 156 Å². The number of carbonyl (C=O) groups is 1. The molecule has 0 saturated carbocycles. The van der Waals surface area contributed by atoms with Crippen molar-refractivity contribution in [1.82, 2.24) is 14.8 Å². The van der Waals surface area contributed by atoms with E-state index in [2.05, 4.69) is 4.98 Å². The molecule has 3 aromatic heterocycles. The number of ketones is 1. The fourth-order valence-electron chi connectivity index (χ4n) is 2.77. The van der Waals surface area contributed by atoms with Crippen molar-refractivity contribution in [3.63, 3.8) is 0 Å². The monoisotopic (exact) mass is 355 g/mol. The Bertz CT molecular complexity index is 1090. The summed E-state index contributed by atoms with van der Waals surface area (Å²) >= 11 is 0. The number of benzene rings is 1. The van der Waals surface area contributed by atoms with E-state index < -0.39 is 0 Å². The van der Waals surface area contributed by atoms with Crippen LogP contribution >= 0.6 is 0 Å². The number of rotatable bonds is 5. The Hall–Kier alpha value is -3.73. The lowest BCUT2D eigenvalue weighted by molar-refractivity contribution is 0.102. The third-order valence-electron chi connectivity index (χ3n) is 4.11. The second-order valence-corrected chi connectivity index (χ2v) is 6.06. The van der Waals surface area contributed by atoms with Crippen molar-refractivity contribution < 1.29 is 9.21 Å². The standard InChI is InChI=1S/C22H17N3O2/c1-16-7-10-21(27-16)20(26)9-8-18-15-25(19-5-3-2-4-6-19)24-22(18)17-11-13-23-14-12-17/h2-15H,1H3/b9-8+. The number of hydrogen-bond donors (Lipinski definition) is 0. The van der Waals surface area contributed by atoms with Crippen molar-refractivity contribution in [2.24, 2.45) is 0 Å². The number of allylic oxidation sites excluding steroid dienone is 1. The quantitative estimate of drug-likeness (QED) is 0.383. The second-order valence-electron chi connectivity index (χ2n) is 6.06. The van der Waals surface area contributed by atoms with Crippen molar-refractivity contribution in [3.8, 4) is 16.9 Å². The van der Waals surface area contributed by atoms with Crippen LogP contribution in [0.2, 0.25) is 0 Å². The van der Waals surface area contributed by atoms with Crippen LogP contribution in [0.25, 0.3) is 23.0 Å². The number of para-hydroxylation sites is 1. The van der Waals surface area contributed by atoms with Crippen LogP contribution in [-0.4, -0.2) is 20.5 Å². The van der Waals surface area contributed by atoms with Crippen molar-refractivity contribution in [3.05, 3.63) is 96.3 Å². The van der Waals surface area contributed by atoms with Crippen molar-refractivity contribution in [2.45, 2.75) is 6.92 Å². The first-order valence-electron chi connectivity index (χ1n) is 8.55. The topological polar surface area (TPSA) is 60.9 Å². The highest BCUT2D eigenvalue weighted by Gasteiger charge is 2.12. The van der Waals surface area contributed by atoms with Crippen LogP contribution in [0.5, 0.6) is 0 Å². The molecule has 0 radical (unpaired) electrons. The van der Waals surface area contributed by atoms with Gasteiger partial charge >= 0.3 is 0 Å². The molecule has 0 saturated heterocycles. The van der Waals surface area contributed by atoms with Gasteiger partial charge in [0.2, 0.25) is 5.78 Å². The third kappa shape index (κ3) is 3.62. The lowest BCUT2D eigenvalue weighted by atomic mass is 10.1. The summed E-state index contributed by atoms with van der Waals surface area (Å²) in [5.74, 6) is 0.849. The highest BCUT2D eigenvalue weighted by Crippen LogP contribution is 2.24. The molecule has 0 N–H and O–H groups in total. The zero-order chi connectivity index (χ0) is 18.6. The van der Waals surface area contributed by atoms with Gasteiger partial charge in [0, 0.05) is 29.7 Å². The molecule has 1 aromatic carbocycles. The minimum atomic E-state index is -0.184. The number of pyridine rings is 1. The van der Waals surface area contributed by atoms with Gasteiger partial charge in [0.1, 0.15) is 11.5 Å². The summed E-state index contributed by atoms with van der Waals surface area (Å²) in [6.07, 6.45) is 8.63. The Morgan fingerprint density at radius 1 is 1.04 bits per heavy atom. The minimum Gasteiger partial charge on any atom is -0.458 e. The van der Waals surface area contributed by atoms with Crippen molar-refractivity contribution >= 4 is 11.9 Å². The summed E-state index contributed by atoms with van der Waals surface area (Å²) in [6, 6.07) is 17.1. The van der Waals surface area contributed by atoms with Crippen LogP contribution in [0.3, 0.4) is 0 Å². The Morgan fingerprint density at radius 2 is 1.81 bits per heavy atom. The maximum absolute atomic E-state index is 12.3. The average Bonchev–Trinajstić information content (AvgIpc) is 3.34. The number of aryl methyl sites for hydroxylation is 1. The molecule has 0 aliphatic carbocycles. The highest BCUT2D eigenvalue weighted by atomic mass is 16.3. The number of furan rings is 1. The summed E-state index contributed by atoms with van der Waals surface area (Å²) in [6.45, 7) is 1.81. The van der Waals surface area contributed by atoms with Gasteiger partial charge < -0.3 is 4.42 Å². The van der Waals surface area contributed by atoms with Gasteiger partial charge in [-0.2, -0.15) is 5.10 Å². The molecule has 0 atom stereocenters. The van der Waals surface area contributed by atoms with Crippen molar-refractivity contribution in [1.29, 1.82) is 0 Å². The van der Waals surface area contributed by atoms with E-state index in [1.54, 1.807) is 35.3 Å². The van der Waals surface area contributed by atoms with Gasteiger partial charge in [-0.15, -0.1) is 0 Å². The van der Waals surface area contributed by atoms with Crippen LogP contribution in [0.15, 0.2) is 83.7 Å². The van der Waals surface area contributed by atoms with Gasteiger partial charge in [-0.05, 0) is 55.5 Å². The van der Waals surface area contributed by atoms with Gasteiger partial charge in [-0.1, -0.05) is 18.2 Å². The maximum atomic E-state index is 12.3. The van der Waals surface area contributed by atoms with Gasteiger partial charge in [0.15, 0.2) is 5.76 Å². The van der Waals surface area contributed by atoms with E-state index in [9.17, 15) is 4.79 Å². The molecule has 5 heteroatoms. The predicted molar refractivity (Wildman–Crippen MR) is 104 cm³/mol. The van der Waals surface area contributed by atoms with Gasteiger partial charge in [0.25, 0.3) is 0 Å². The number of carbonyl (C=O) groups excluding carboxylic acids is 1. The average molecular weight is 355 g/mol. The Balaban J connectivity index is 1.73. The summed E-state index contributed by atoms with van der Waals surface area (Å²) in [5.41, 5.74) is 3.49. The molecular weight excluding hydrogens is 338 g/mol. The SMILES string of the molecule is Cc1ccc(C(=O)/C=C/c2cn(-c3ccccc3)nc2-c2ccncc2)o1. The smallest absolute Gasteiger partial charge is 0.221 e. The van der Waals surface area contributed by atoms with Gasteiger partial charge in [-0.3, -0.25) is 9.78 Å². The first-order valence-corrected chi connectivity index (χ1v) is 8.55. The van der Waals surface area contributed by atoms with Crippen molar-refractivity contribution in [2.75, 3.05) is 0 Å². The molecule has 4 rings (SSSR count). The predicted octanol–water partition coefficient (Wildman–Crippen LogP) is 4.73. The number of aromatic nitrogens is 3. The fourth-order valence-corrected chi connectivity index (χ4v) is 2.77. The normalized spacial score (nSPS) is 11.1. The summed E-state index contributed by atoms with van der Waals surface area (Å²) in [5, 5.41) is 4.71. The van der Waals surface area contributed by atoms with E-state index >= 15 is 0 Å². The molecule has 0 aliphatic rings. The largest absolute Gasteiger partial charge is 0.458 e. The molecule has 4 aromatic rings. The second kappa shape index (κ2) is 7.25. The Morgan fingerprint density at radius 3 is 2.52 bits per heavy atom. The van der Waals surface area contributed by atoms with Crippen LogP contribution in [0, 0.1) is 6.92 Å². The van der Waals surface area contributed by atoms with Crippen LogP contribution in [-0.2, 0) is 0 Å². The summed E-state index contributed by atoms with van der Waals surface area (Å²) in [7, 11) is 0. The molecule has 0 bridgehead atoms. The molecule has 5 nitrogen and oxygen atoms in total. The molecule has 0 spiro atoms. The molecule has 0 fully saturated rings. The van der Waals surface area contributed by atoms with Crippen LogP contribution in [0.1, 0.15) is 21.9 Å². The summed E-state index contributed by atoms with van der Waals surface area (Å²) in [4.78, 5) is 16.4. The first kappa shape index (κ1) is 16.7. The zero-order valence-electron chi connectivity index (χ0n) is 14.7. The third-order valence-corrected chi connectivity index (χ3v) is 4.11. The molecule has 27 heavy (non-hydrogen) atoms. The van der Waals surface area contributed by atoms with E-state index in [-0.39, 0.29) is 5.78 Å². The molecule has 0 amide bonds. The maximum Gasteiger partial charge on any atom is 0.221 e. The highest BCUT2D eigenvalue weighted by molar-refractivity contribution is 6.05.